The van der Waals surface area contributed by atoms with Gasteiger partial charge in [0.1, 0.15) is 6.04 Å². The Morgan fingerprint density at radius 2 is 1.90 bits per heavy atom. The van der Waals surface area contributed by atoms with Crippen LogP contribution in [0.4, 0.5) is 13.2 Å². The van der Waals surface area contributed by atoms with Gasteiger partial charge in [0, 0.05) is 39.8 Å². The number of rotatable bonds is 8. The maximum Gasteiger partial charge on any atom is 0.403 e. The Morgan fingerprint density at radius 3 is 2.47 bits per heavy atom. The number of guanidine groups is 1. The number of aryl methyl sites for hydroxylation is 1. The number of hydrogen-bond acceptors (Lipinski definition) is 4. The molecule has 1 atom stereocenters. The van der Waals surface area contributed by atoms with E-state index in [1.807, 2.05) is 30.0 Å². The Bertz CT molecular complexity index is 689. The smallest absolute Gasteiger partial charge is 0.403 e. The van der Waals surface area contributed by atoms with Gasteiger partial charge in [-0.1, -0.05) is 6.07 Å². The van der Waals surface area contributed by atoms with Gasteiger partial charge in [0.25, 0.3) is 0 Å². The van der Waals surface area contributed by atoms with E-state index in [9.17, 15) is 13.2 Å². The van der Waals surface area contributed by atoms with Gasteiger partial charge in [-0.15, -0.1) is 0 Å². The van der Waals surface area contributed by atoms with Crippen LogP contribution in [0.2, 0.25) is 0 Å². The number of aliphatic imine (C=N–C) groups is 1. The number of nitrogens with one attached hydrogen (secondary N) is 1. The van der Waals surface area contributed by atoms with Crippen LogP contribution >= 0.6 is 0 Å². The van der Waals surface area contributed by atoms with E-state index < -0.39 is 12.2 Å². The zero-order valence-electron chi connectivity index (χ0n) is 18.3. The summed E-state index contributed by atoms with van der Waals surface area (Å²) in [6.07, 6.45) is -2.43. The summed E-state index contributed by atoms with van der Waals surface area (Å²) >= 11 is 0. The average molecular weight is 431 g/mol. The third-order valence-electron chi connectivity index (χ3n) is 5.30. The Morgan fingerprint density at radius 1 is 1.20 bits per heavy atom. The molecule has 30 heavy (non-hydrogen) atoms. The molecule has 170 valence electrons. The first kappa shape index (κ1) is 24.1. The molecule has 1 aliphatic rings. The summed E-state index contributed by atoms with van der Waals surface area (Å²) in [6.45, 7) is 6.24. The first-order valence-electron chi connectivity index (χ1n) is 10.4. The largest absolute Gasteiger partial charge is 0.493 e. The second-order valence-electron chi connectivity index (χ2n) is 7.24. The molecule has 0 amide bonds. The SMILES string of the molecule is CCOc1cc(CCCNC(=NC)N2CCN(C(C)C(F)(F)F)CC2)ccc1OC. The molecule has 0 spiro atoms. The normalized spacial score (nSPS) is 17.0. The summed E-state index contributed by atoms with van der Waals surface area (Å²) in [6, 6.07) is 4.52. The summed E-state index contributed by atoms with van der Waals surface area (Å²) < 4.78 is 49.6. The molecule has 1 heterocycles. The molecule has 1 fully saturated rings. The van der Waals surface area contributed by atoms with Crippen molar-refractivity contribution in [3.05, 3.63) is 23.8 Å². The van der Waals surface area contributed by atoms with Crippen LogP contribution in [0.3, 0.4) is 0 Å². The first-order valence-corrected chi connectivity index (χ1v) is 10.4. The summed E-state index contributed by atoms with van der Waals surface area (Å²) in [5.74, 6) is 2.20. The van der Waals surface area contributed by atoms with Gasteiger partial charge in [-0.25, -0.2) is 0 Å². The van der Waals surface area contributed by atoms with Crippen molar-refractivity contribution in [2.75, 3.05) is 53.5 Å². The minimum atomic E-state index is -4.19. The molecule has 6 nitrogen and oxygen atoms in total. The van der Waals surface area contributed by atoms with Crippen molar-refractivity contribution >= 4 is 5.96 Å². The average Bonchev–Trinajstić information content (AvgIpc) is 2.73. The quantitative estimate of drug-likeness (QED) is 0.390. The predicted octanol–water partition coefficient (Wildman–Crippen LogP) is 3.17. The second-order valence-corrected chi connectivity index (χ2v) is 7.24. The number of halogens is 3. The van der Waals surface area contributed by atoms with Crippen molar-refractivity contribution < 1.29 is 22.6 Å². The third kappa shape index (κ3) is 6.68. The van der Waals surface area contributed by atoms with Gasteiger partial charge in [-0.05, 0) is 44.4 Å². The fourth-order valence-corrected chi connectivity index (χ4v) is 3.50. The van der Waals surface area contributed by atoms with Gasteiger partial charge in [0.05, 0.1) is 13.7 Å². The molecule has 1 aromatic rings. The number of ether oxygens (including phenoxy) is 2. The monoisotopic (exact) mass is 430 g/mol. The van der Waals surface area contributed by atoms with Crippen molar-refractivity contribution in [3.63, 3.8) is 0 Å². The van der Waals surface area contributed by atoms with Crippen molar-refractivity contribution in [1.82, 2.24) is 15.1 Å². The van der Waals surface area contributed by atoms with E-state index in [-0.39, 0.29) is 0 Å². The zero-order chi connectivity index (χ0) is 22.1. The van der Waals surface area contributed by atoms with Crippen molar-refractivity contribution in [2.24, 2.45) is 4.99 Å². The Hall–Kier alpha value is -2.16. The highest BCUT2D eigenvalue weighted by atomic mass is 19.4. The Balaban J connectivity index is 1.78. The highest BCUT2D eigenvalue weighted by Gasteiger charge is 2.41. The van der Waals surface area contributed by atoms with Crippen LogP contribution < -0.4 is 14.8 Å². The minimum absolute atomic E-state index is 0.368. The number of benzene rings is 1. The van der Waals surface area contributed by atoms with Gasteiger partial charge in [0.2, 0.25) is 0 Å². The molecule has 1 aliphatic heterocycles. The standard InChI is InChI=1S/C21H33F3N4O2/c1-5-30-19-15-17(8-9-18(19)29-4)7-6-10-26-20(25-3)28-13-11-27(12-14-28)16(2)21(22,23)24/h8-9,15-16H,5-7,10-14H2,1-4H3,(H,25,26). The van der Waals surface area contributed by atoms with E-state index in [4.69, 9.17) is 9.47 Å². The van der Waals surface area contributed by atoms with E-state index in [0.717, 1.165) is 42.4 Å². The van der Waals surface area contributed by atoms with E-state index in [0.29, 0.717) is 32.8 Å². The Labute approximate surface area is 177 Å². The molecule has 1 aromatic carbocycles. The predicted molar refractivity (Wildman–Crippen MR) is 113 cm³/mol. The lowest BCUT2D eigenvalue weighted by molar-refractivity contribution is -0.181. The first-order chi connectivity index (χ1) is 14.3. The van der Waals surface area contributed by atoms with Crippen LogP contribution in [-0.2, 0) is 6.42 Å². The molecule has 1 N–H and O–H groups in total. The number of hydrogen-bond donors (Lipinski definition) is 1. The van der Waals surface area contributed by atoms with Gasteiger partial charge >= 0.3 is 6.18 Å². The molecule has 0 saturated carbocycles. The molecule has 9 heteroatoms. The summed E-state index contributed by atoms with van der Waals surface area (Å²) in [4.78, 5) is 7.78. The van der Waals surface area contributed by atoms with E-state index in [2.05, 4.69) is 10.3 Å². The van der Waals surface area contributed by atoms with E-state index in [1.165, 1.54) is 11.8 Å². The number of alkyl halides is 3. The molecule has 1 unspecified atom stereocenters. The summed E-state index contributed by atoms with van der Waals surface area (Å²) in [5.41, 5.74) is 1.16. The Kier molecular flexibility index (Phi) is 9.08. The van der Waals surface area contributed by atoms with Crippen LogP contribution in [0.15, 0.2) is 23.2 Å². The maximum absolute atomic E-state index is 12.9. The van der Waals surface area contributed by atoms with Crippen LogP contribution in [0.5, 0.6) is 11.5 Å². The fraction of sp³-hybridized carbons (Fsp3) is 0.667. The molecule has 0 aromatic heterocycles. The second kappa shape index (κ2) is 11.3. The lowest BCUT2D eigenvalue weighted by atomic mass is 10.1. The van der Waals surface area contributed by atoms with Crippen LogP contribution in [0.1, 0.15) is 25.8 Å². The fourth-order valence-electron chi connectivity index (χ4n) is 3.50. The highest BCUT2D eigenvalue weighted by molar-refractivity contribution is 5.80. The number of methoxy groups -OCH3 is 1. The van der Waals surface area contributed by atoms with E-state index in [1.54, 1.807) is 14.2 Å². The topological polar surface area (TPSA) is 49.3 Å². The molecule has 0 radical (unpaired) electrons. The third-order valence-corrected chi connectivity index (χ3v) is 5.30. The van der Waals surface area contributed by atoms with Crippen molar-refractivity contribution in [2.45, 2.75) is 38.9 Å². The highest BCUT2D eigenvalue weighted by Crippen LogP contribution is 2.28. The van der Waals surface area contributed by atoms with Crippen LogP contribution in [-0.4, -0.2) is 81.5 Å². The molecule has 0 bridgehead atoms. The van der Waals surface area contributed by atoms with Crippen LogP contribution in [0.25, 0.3) is 0 Å². The maximum atomic E-state index is 12.9. The molecular formula is C21H33F3N4O2. The van der Waals surface area contributed by atoms with Gasteiger partial charge in [0.15, 0.2) is 17.5 Å². The van der Waals surface area contributed by atoms with Gasteiger partial charge < -0.3 is 19.7 Å². The van der Waals surface area contributed by atoms with Crippen molar-refractivity contribution in [3.8, 4) is 11.5 Å². The van der Waals surface area contributed by atoms with Gasteiger partial charge in [-0.3, -0.25) is 9.89 Å². The lowest BCUT2D eigenvalue weighted by Crippen LogP contribution is -2.56. The molecule has 2 rings (SSSR count). The summed E-state index contributed by atoms with van der Waals surface area (Å²) in [7, 11) is 3.32. The summed E-state index contributed by atoms with van der Waals surface area (Å²) in [5, 5.41) is 3.33. The number of nitrogens with zero attached hydrogens (tertiary/aromatic N) is 3. The minimum Gasteiger partial charge on any atom is -0.493 e. The molecule has 0 aliphatic carbocycles. The van der Waals surface area contributed by atoms with E-state index >= 15 is 0 Å². The van der Waals surface area contributed by atoms with Gasteiger partial charge in [-0.2, -0.15) is 13.2 Å². The molecule has 1 saturated heterocycles. The van der Waals surface area contributed by atoms with Crippen molar-refractivity contribution in [1.29, 1.82) is 0 Å². The number of piperazine rings is 1. The lowest BCUT2D eigenvalue weighted by Gasteiger charge is -2.39. The van der Waals surface area contributed by atoms with Crippen LogP contribution in [0, 0.1) is 0 Å². The molecular weight excluding hydrogens is 397 g/mol. The zero-order valence-corrected chi connectivity index (χ0v) is 18.3.